The predicted molar refractivity (Wildman–Crippen MR) is 111 cm³/mol. The monoisotopic (exact) mass is 372 g/mol. The van der Waals surface area contributed by atoms with Crippen molar-refractivity contribution < 1.29 is 14.3 Å². The number of hydrogen-bond acceptors (Lipinski definition) is 5. The lowest BCUT2D eigenvalue weighted by atomic mass is 9.61. The number of nitrogens with one attached hydrogen (secondary N) is 1. The zero-order valence-corrected chi connectivity index (χ0v) is 15.5. The topological polar surface area (TPSA) is 107 Å². The third-order valence-corrected chi connectivity index (χ3v) is 4.13. The summed E-state index contributed by atoms with van der Waals surface area (Å²) in [6.07, 6.45) is 6.04. The minimum atomic E-state index is -0.741. The molecule has 7 nitrogen and oxygen atoms in total. The molecule has 3 aromatic rings. The summed E-state index contributed by atoms with van der Waals surface area (Å²) in [6.45, 7) is 0. The van der Waals surface area contributed by atoms with Crippen LogP contribution < -0.4 is 15.8 Å². The van der Waals surface area contributed by atoms with Crippen molar-refractivity contribution in [1.29, 1.82) is 0 Å². The van der Waals surface area contributed by atoms with Crippen LogP contribution in [0.1, 0.15) is 26.3 Å². The lowest BCUT2D eigenvalue weighted by Crippen LogP contribution is -2.34. The largest absolute Gasteiger partial charge is 0.499 e. The second-order valence-electron chi connectivity index (χ2n) is 6.66. The van der Waals surface area contributed by atoms with Gasteiger partial charge in [0, 0.05) is 29.8 Å². The third kappa shape index (κ3) is 4.56. The Morgan fingerprint density at radius 2 is 1.75 bits per heavy atom. The Morgan fingerprint density at radius 1 is 1.00 bits per heavy atom. The number of benzene rings is 1. The number of amides is 2. The lowest BCUT2D eigenvalue weighted by Gasteiger charge is -2.28. The summed E-state index contributed by atoms with van der Waals surface area (Å²) in [5, 5.41) is 2.12. The molecule has 0 unspecified atom stereocenters. The van der Waals surface area contributed by atoms with Crippen molar-refractivity contribution in [1.82, 2.24) is 9.97 Å². The van der Waals surface area contributed by atoms with Crippen molar-refractivity contribution in [2.24, 2.45) is 5.73 Å². The van der Waals surface area contributed by atoms with Crippen molar-refractivity contribution >= 4 is 33.2 Å². The summed E-state index contributed by atoms with van der Waals surface area (Å²) in [7, 11) is 3.77. The van der Waals surface area contributed by atoms with Crippen molar-refractivity contribution in [3.05, 3.63) is 83.9 Å². The maximum atomic E-state index is 12.3. The van der Waals surface area contributed by atoms with E-state index in [1.54, 1.807) is 36.7 Å². The smallest absolute Gasteiger partial charge is 0.255 e. The minimum absolute atomic E-state index is 0.225. The zero-order valence-electron chi connectivity index (χ0n) is 15.5. The molecule has 2 amide bonds. The predicted octanol–water partition coefficient (Wildman–Crippen LogP) is 0.283. The van der Waals surface area contributed by atoms with E-state index in [1.165, 1.54) is 12.4 Å². The van der Waals surface area contributed by atoms with Gasteiger partial charge in [-0.05, 0) is 35.9 Å². The van der Waals surface area contributed by atoms with Gasteiger partial charge in [0.15, 0.2) is 15.7 Å². The molecule has 138 valence electrons. The van der Waals surface area contributed by atoms with Crippen LogP contribution in [0.3, 0.4) is 0 Å². The van der Waals surface area contributed by atoms with E-state index in [0.717, 1.165) is 5.56 Å². The summed E-state index contributed by atoms with van der Waals surface area (Å²) in [5.74, 6) is -0.374. The van der Waals surface area contributed by atoms with E-state index in [4.69, 9.17) is 10.5 Å². The van der Waals surface area contributed by atoms with E-state index in [1.807, 2.05) is 33.9 Å². The van der Waals surface area contributed by atoms with Gasteiger partial charge in [-0.1, -0.05) is 12.1 Å². The van der Waals surface area contributed by atoms with Gasteiger partial charge in [0.25, 0.3) is 5.91 Å². The molecule has 0 saturated carbocycles. The second-order valence-corrected chi connectivity index (χ2v) is 6.66. The van der Waals surface area contributed by atoms with Gasteiger partial charge in [0.1, 0.15) is 5.75 Å². The molecule has 0 aliphatic heterocycles. The van der Waals surface area contributed by atoms with Crippen LogP contribution in [0.5, 0.6) is 5.75 Å². The minimum Gasteiger partial charge on any atom is -0.499 e. The molecule has 0 spiro atoms. The van der Waals surface area contributed by atoms with E-state index >= 15 is 0 Å². The Labute approximate surface area is 164 Å². The highest BCUT2D eigenvalue weighted by molar-refractivity contribution is 6.39. The highest BCUT2D eigenvalue weighted by Gasteiger charge is 2.23. The Hall–Kier alpha value is -3.61. The van der Waals surface area contributed by atoms with Crippen LogP contribution in [0.25, 0.3) is 0 Å². The molecule has 28 heavy (non-hydrogen) atoms. The molecular formula is C19H18B2N4O3. The van der Waals surface area contributed by atoms with E-state index < -0.39 is 11.3 Å². The van der Waals surface area contributed by atoms with Gasteiger partial charge in [0.2, 0.25) is 5.91 Å². The average Bonchev–Trinajstić information content (AvgIpc) is 2.68. The fraction of sp³-hybridized carbons (Fsp3) is 0.0526. The highest BCUT2D eigenvalue weighted by Crippen LogP contribution is 2.25. The molecule has 0 aliphatic carbocycles. The van der Waals surface area contributed by atoms with Crippen LogP contribution in [0, 0.1) is 0 Å². The summed E-state index contributed by atoms with van der Waals surface area (Å²) >= 11 is 0. The van der Waals surface area contributed by atoms with Crippen molar-refractivity contribution in [2.75, 3.05) is 5.32 Å². The van der Waals surface area contributed by atoms with E-state index in [9.17, 15) is 9.59 Å². The Bertz CT molecular complexity index is 1010. The number of carbonyl (C=O) groups excluding carboxylic acids is 2. The maximum Gasteiger partial charge on any atom is 0.255 e. The van der Waals surface area contributed by atoms with E-state index in [0.29, 0.717) is 17.0 Å². The highest BCUT2D eigenvalue weighted by atomic mass is 16.5. The molecule has 1 aromatic carbocycles. The van der Waals surface area contributed by atoms with Gasteiger partial charge in [-0.15, -0.1) is 0 Å². The number of nitrogens with zero attached hydrogens (tertiary/aromatic N) is 2. The van der Waals surface area contributed by atoms with Crippen LogP contribution in [0.2, 0.25) is 0 Å². The molecule has 0 atom stereocenters. The molecule has 0 aliphatic rings. The Balaban J connectivity index is 1.79. The number of primary amides is 1. The summed E-state index contributed by atoms with van der Waals surface area (Å²) in [6, 6.07) is 12.2. The molecule has 0 saturated heterocycles. The summed E-state index contributed by atoms with van der Waals surface area (Å²) in [5.41, 5.74) is 7.56. The van der Waals surface area contributed by atoms with Gasteiger partial charge in [-0.25, -0.2) is 0 Å². The first-order chi connectivity index (χ1) is 13.3. The quantitative estimate of drug-likeness (QED) is 0.605. The summed E-state index contributed by atoms with van der Waals surface area (Å²) < 4.78 is 6.03. The number of anilines is 1. The zero-order chi connectivity index (χ0) is 20.1. The van der Waals surface area contributed by atoms with Gasteiger partial charge in [-0.2, -0.15) is 0 Å². The van der Waals surface area contributed by atoms with Gasteiger partial charge < -0.3 is 15.8 Å². The number of pyridine rings is 2. The number of ether oxygens (including phenoxy) is 1. The van der Waals surface area contributed by atoms with Gasteiger partial charge in [-0.3, -0.25) is 19.6 Å². The standard InChI is InChI=1S/C19H18B2N4O3/c20-19(21,28-16-8-13(17(22)26)10-24-11-16)14-2-1-3-15(9-14)25-18(27)12-4-6-23-7-5-12/h1-11H,20-21H2,(H2,22,26)(H,25,27). The number of hydrogen-bond donors (Lipinski definition) is 2. The maximum absolute atomic E-state index is 12.3. The molecule has 9 heteroatoms. The fourth-order valence-electron chi connectivity index (χ4n) is 2.64. The first-order valence-electron chi connectivity index (χ1n) is 8.61. The molecule has 3 rings (SSSR count). The Kier molecular flexibility index (Phi) is 5.44. The molecule has 0 radical (unpaired) electrons. The molecule has 2 aromatic heterocycles. The number of nitrogens with two attached hydrogens (primary N) is 1. The SMILES string of the molecule is BC(B)(Oc1cncc(C(N)=O)c1)c1cccc(NC(=O)c2ccncc2)c1. The van der Waals surface area contributed by atoms with Crippen molar-refractivity contribution in [2.45, 2.75) is 5.40 Å². The lowest BCUT2D eigenvalue weighted by molar-refractivity contribution is 0.0996. The molecular weight excluding hydrogens is 354 g/mol. The second kappa shape index (κ2) is 7.96. The molecule has 2 heterocycles. The third-order valence-electron chi connectivity index (χ3n) is 4.13. The van der Waals surface area contributed by atoms with Crippen LogP contribution in [-0.2, 0) is 5.40 Å². The Morgan fingerprint density at radius 3 is 2.46 bits per heavy atom. The number of aromatic nitrogens is 2. The average molecular weight is 372 g/mol. The normalized spacial score (nSPS) is 10.9. The first-order valence-corrected chi connectivity index (χ1v) is 8.61. The van der Waals surface area contributed by atoms with E-state index in [2.05, 4.69) is 15.3 Å². The molecule has 3 N–H and O–H groups in total. The van der Waals surface area contributed by atoms with Crippen molar-refractivity contribution in [3.8, 4) is 5.75 Å². The van der Waals surface area contributed by atoms with Crippen LogP contribution in [-0.4, -0.2) is 37.5 Å². The molecule has 0 bridgehead atoms. The van der Waals surface area contributed by atoms with Crippen LogP contribution in [0.4, 0.5) is 5.69 Å². The van der Waals surface area contributed by atoms with Gasteiger partial charge in [0.05, 0.1) is 17.2 Å². The van der Waals surface area contributed by atoms with Crippen LogP contribution >= 0.6 is 0 Å². The van der Waals surface area contributed by atoms with Crippen molar-refractivity contribution in [3.63, 3.8) is 0 Å². The fourth-order valence-corrected chi connectivity index (χ4v) is 2.64. The number of rotatable bonds is 6. The van der Waals surface area contributed by atoms with Crippen LogP contribution in [0.15, 0.2) is 67.3 Å². The van der Waals surface area contributed by atoms with Gasteiger partial charge >= 0.3 is 0 Å². The van der Waals surface area contributed by atoms with E-state index in [-0.39, 0.29) is 11.5 Å². The molecule has 0 fully saturated rings. The first kappa shape index (κ1) is 19.2. The number of carbonyl (C=O) groups is 2. The summed E-state index contributed by atoms with van der Waals surface area (Å²) in [4.78, 5) is 31.6.